The molecule has 7 amide bonds. The van der Waals surface area contributed by atoms with Gasteiger partial charge in [0, 0.05) is 52.7 Å². The maximum absolute atomic E-state index is 9.49. The molecule has 0 aliphatic heterocycles. The van der Waals surface area contributed by atoms with Gasteiger partial charge in [0.2, 0.25) is 0 Å². The Morgan fingerprint density at radius 2 is 0.488 bits per heavy atom. The molecule has 0 bridgehead atoms. The van der Waals surface area contributed by atoms with Gasteiger partial charge in [0.05, 0.1) is 0 Å². The van der Waals surface area contributed by atoms with E-state index >= 15 is 0 Å². The molecule has 0 aromatic rings. The Kier molecular flexibility index (Phi) is 173. The minimum Gasteiger partial charge on any atom is -0.693 e. The summed E-state index contributed by atoms with van der Waals surface area (Å²) in [5.74, 6) is -3.64. The average molecular weight is 2050 g/mol. The normalized spacial score (nSPS) is 13.2. The molecule has 0 heterocycles. The van der Waals surface area contributed by atoms with Crippen molar-refractivity contribution >= 4 is 117 Å². The maximum atomic E-state index is 9.49. The van der Waals surface area contributed by atoms with E-state index in [1.54, 1.807) is 48.5 Å². The van der Waals surface area contributed by atoms with Crippen molar-refractivity contribution in [1.82, 2.24) is 37.2 Å². The van der Waals surface area contributed by atoms with Crippen LogP contribution in [0.15, 0.2) is 0 Å². The summed E-state index contributed by atoms with van der Waals surface area (Å²) in [6.07, 6.45) is 2.87. The number of nitrogens with two attached hydrogens (primary N) is 4. The number of carbonyl (C=O) groups is 10. The second-order valence-electron chi connectivity index (χ2n) is 12.4. The first-order chi connectivity index (χ1) is 35.6. The Hall–Kier alpha value is -2.45. The van der Waals surface area contributed by atoms with E-state index in [4.69, 9.17) is 133 Å². The summed E-state index contributed by atoms with van der Waals surface area (Å²) in [4.78, 5) is 93.6. The quantitative estimate of drug-likeness (QED) is 0.0831. The molecule has 0 saturated heterocycles. The zero-order valence-corrected chi connectivity index (χ0v) is 59.9. The van der Waals surface area contributed by atoms with Crippen molar-refractivity contribution in [2.24, 2.45) is 11.8 Å². The summed E-state index contributed by atoms with van der Waals surface area (Å²) in [5.41, 5.74) is 14.8. The van der Waals surface area contributed by atoms with Crippen LogP contribution >= 0.6 is 56.5 Å². The number of rotatable bonds is 7. The van der Waals surface area contributed by atoms with Gasteiger partial charge in [0.1, 0.15) is 0 Å². The molecule has 0 radical (unpaired) electrons. The van der Waals surface area contributed by atoms with E-state index in [1.807, 2.05) is 0 Å². The summed E-state index contributed by atoms with van der Waals surface area (Å²) in [5, 5.41) is 91.7. The molecule has 0 aromatic carbocycles. The van der Waals surface area contributed by atoms with Crippen LogP contribution < -0.4 is 37.2 Å². The smallest absolute Gasteiger partial charge is 0.693 e. The average Bonchev–Trinajstić information content (AvgIpc) is 3.28. The second kappa shape index (κ2) is 113. The van der Waals surface area contributed by atoms with Crippen LogP contribution in [0.3, 0.4) is 0 Å². The van der Waals surface area contributed by atoms with Gasteiger partial charge in [-0.05, 0) is 48.5 Å². The number of hydrogen-bond acceptors (Lipinski definition) is 10. The van der Waals surface area contributed by atoms with Crippen molar-refractivity contribution in [3.05, 3.63) is 49.9 Å². The molecule has 2 aliphatic rings. The number of carboxylic acid groups (broad SMARTS) is 10. The second-order valence-corrected chi connectivity index (χ2v) is 22.3. The van der Waals surface area contributed by atoms with Crippen molar-refractivity contribution in [1.29, 1.82) is 0 Å². The van der Waals surface area contributed by atoms with Gasteiger partial charge in [-0.25, -0.2) is 43.2 Å². The number of nitrogens with one attached hydrogen (secondary N) is 9. The van der Waals surface area contributed by atoms with Crippen LogP contribution in [0.25, 0.3) is 36.1 Å². The summed E-state index contributed by atoms with van der Waals surface area (Å²) in [7, 11) is 29.2. The SMILES string of the molecule is CC(=O)O.CCNC(=O)O.CCNC(=O)O.CCNC(=O)O.CCNC(=O)O.CCNC(=O)O.CCNC(=O)O.CCNC(=O)O.O=C(O)C(=O)O.[CH2-][C@@H]1CCCC[C@H]1[NH-].[CH2-][C@@H]1CCCC[C@H]1[NH-].[Cl][Pt+2][Cl].[Cl][Pt+2][Cl].[Cl][Pt+2][Cl].[NH2-].[NH2-].[NH2-].[NH2-].[Pt+2]. The van der Waals surface area contributed by atoms with Crippen LogP contribution in [0, 0.1) is 25.7 Å². The largest absolute Gasteiger partial charge is 2.00 e. The van der Waals surface area contributed by atoms with E-state index < -0.39 is 110 Å². The number of carboxylic acids is 3. The van der Waals surface area contributed by atoms with E-state index in [-0.39, 0.29) is 57.8 Å². The van der Waals surface area contributed by atoms with Gasteiger partial charge in [0.15, 0.2) is 0 Å². The summed E-state index contributed by atoms with van der Waals surface area (Å²) >= 11 is -1.42. The maximum Gasteiger partial charge on any atom is 2.00 e. The molecule has 512 valence electrons. The molecular weight excluding hydrogens is 1960 g/mol. The molecule has 27 N–H and O–H groups in total. The Morgan fingerprint density at radius 1 is 0.378 bits per heavy atom. The van der Waals surface area contributed by atoms with E-state index in [0.717, 1.165) is 19.8 Å². The van der Waals surface area contributed by atoms with Crippen LogP contribution in [0.5, 0.6) is 0 Å². The fraction of sp³-hybridized carbons (Fsp3) is 0.692. The zero-order valence-electron chi connectivity index (χ0n) is 46.2. The number of hydrogen-bond donors (Lipinski definition) is 17. The van der Waals surface area contributed by atoms with Gasteiger partial charge in [-0.2, -0.15) is 23.9 Å². The van der Waals surface area contributed by atoms with Gasteiger partial charge < -0.3 is 138 Å². The third-order valence-electron chi connectivity index (χ3n) is 6.30. The molecule has 4 atom stereocenters. The van der Waals surface area contributed by atoms with Crippen LogP contribution in [-0.2, 0) is 84.9 Å². The predicted molar refractivity (Wildman–Crippen MR) is 308 cm³/mol. The predicted octanol–water partition coefficient (Wildman–Crippen LogP) is 13.0. The number of halogens is 6. The van der Waals surface area contributed by atoms with E-state index in [9.17, 15) is 33.6 Å². The summed E-state index contributed by atoms with van der Waals surface area (Å²) in [6.45, 7) is 24.3. The third-order valence-corrected chi connectivity index (χ3v) is 6.30. The number of amides is 7. The standard InChI is InChI=1S/2C7H13N.7C3H7NO2.C2H2O4.C2H4O2.6ClH.4H2N.4Pt/c2*1-6-4-2-3-5-7(6)8;7*1-2-4-3(5)6;3-1(4)2(5)6;1-2(3)4;;;;;;;;;;;;;;/h2*6-8H,1-5H2;7*4H,2H2,1H3,(H,5,6);(H,3,4)(H,5,6);1H3,(H,3,4);6*1H;4*1H2;;;;/q2*-2;;;;;;;;;;;;;;;;4*-1;+2;3*+4/p-6/t2*6-,7-;;;;;;;;;;;;;;;;;;;;;;;/m11......................./s1. The Morgan fingerprint density at radius 3 is 0.524 bits per heavy atom. The molecule has 2 saturated carbocycles. The van der Waals surface area contributed by atoms with E-state index in [2.05, 4.69) is 51.1 Å². The fourth-order valence-corrected chi connectivity index (χ4v) is 3.47. The molecule has 0 unspecified atom stereocenters. The first kappa shape index (κ1) is 125. The minimum absolute atomic E-state index is 0. The van der Waals surface area contributed by atoms with Crippen molar-refractivity contribution < 1.29 is 170 Å². The topological polar surface area (TPSA) is 639 Å². The molecule has 2 fully saturated rings. The monoisotopic (exact) mass is 2050 g/mol. The van der Waals surface area contributed by atoms with Crippen molar-refractivity contribution in [2.75, 3.05) is 45.8 Å². The Bertz CT molecular complexity index is 1180. The van der Waals surface area contributed by atoms with Crippen LogP contribution in [0.2, 0.25) is 0 Å². The van der Waals surface area contributed by atoms with Crippen molar-refractivity contribution in [2.45, 2.75) is 119 Å². The molecule has 0 spiro atoms. The number of aliphatic carboxylic acids is 3. The van der Waals surface area contributed by atoms with Gasteiger partial charge in [0.25, 0.3) is 5.97 Å². The Balaban J connectivity index is -0.0000000371. The first-order valence-corrected chi connectivity index (χ1v) is 38.5. The van der Waals surface area contributed by atoms with Crippen LogP contribution in [0.4, 0.5) is 33.6 Å². The van der Waals surface area contributed by atoms with Crippen LogP contribution in [0.1, 0.15) is 107 Å². The Labute approximate surface area is 545 Å². The summed E-state index contributed by atoms with van der Waals surface area (Å²) in [6, 6.07) is 0.285. The van der Waals surface area contributed by atoms with Crippen molar-refractivity contribution in [3.8, 4) is 0 Å². The summed E-state index contributed by atoms with van der Waals surface area (Å²) < 4.78 is 0. The van der Waals surface area contributed by atoms with Gasteiger partial charge in [-0.3, -0.25) is 4.79 Å². The van der Waals surface area contributed by atoms with Gasteiger partial charge in [-0.15, -0.1) is 0 Å². The fourth-order valence-electron chi connectivity index (χ4n) is 3.47. The zero-order chi connectivity index (χ0) is 63.8. The van der Waals surface area contributed by atoms with Crippen molar-refractivity contribution in [3.63, 3.8) is 0 Å². The molecule has 82 heavy (non-hydrogen) atoms. The molecule has 2 aliphatic carbocycles. The van der Waals surface area contributed by atoms with Gasteiger partial charge in [-0.1, -0.05) is 51.4 Å². The third kappa shape index (κ3) is 229. The van der Waals surface area contributed by atoms with Gasteiger partial charge >= 0.3 is 182 Å². The van der Waals surface area contributed by atoms with E-state index in [1.165, 1.54) is 38.5 Å². The minimum atomic E-state index is -1.82. The van der Waals surface area contributed by atoms with Crippen LogP contribution in [-0.4, -0.2) is 170 Å². The van der Waals surface area contributed by atoms with E-state index in [0.29, 0.717) is 57.6 Å². The molecular formula is C39H89Cl6N13O20Pt4. The first-order valence-electron chi connectivity index (χ1n) is 21.6. The molecule has 0 aromatic heterocycles. The molecule has 33 nitrogen and oxygen atoms in total. The molecule has 43 heteroatoms. The molecule has 2 rings (SSSR count).